The molecule has 2 atom stereocenters. The van der Waals surface area contributed by atoms with Crippen molar-refractivity contribution < 1.29 is 10.0 Å². The van der Waals surface area contributed by atoms with E-state index in [2.05, 4.69) is 10.3 Å². The molecule has 18 heavy (non-hydrogen) atoms. The predicted octanol–water partition coefficient (Wildman–Crippen LogP) is 1.95. The molecular formula is C12H17N3O3. The number of nitrogens with one attached hydrogen (secondary N) is 1. The van der Waals surface area contributed by atoms with Crippen LogP contribution in [0.15, 0.2) is 18.3 Å². The Labute approximate surface area is 105 Å². The third-order valence-electron chi connectivity index (χ3n) is 3.46. The van der Waals surface area contributed by atoms with Crippen LogP contribution in [0.2, 0.25) is 0 Å². The SMILES string of the molecule is O=[N+]([O-])c1cccnc1NC1CCCC1CCO. The van der Waals surface area contributed by atoms with Gasteiger partial charge in [0.1, 0.15) is 0 Å². The van der Waals surface area contributed by atoms with Crippen LogP contribution >= 0.6 is 0 Å². The Morgan fingerprint density at radius 2 is 2.39 bits per heavy atom. The predicted molar refractivity (Wildman–Crippen MR) is 67.3 cm³/mol. The van der Waals surface area contributed by atoms with Crippen molar-refractivity contribution in [3.63, 3.8) is 0 Å². The normalized spacial score (nSPS) is 22.9. The van der Waals surface area contributed by atoms with Gasteiger partial charge in [0.15, 0.2) is 0 Å². The molecule has 0 saturated heterocycles. The van der Waals surface area contributed by atoms with Gasteiger partial charge in [-0.3, -0.25) is 10.1 Å². The van der Waals surface area contributed by atoms with E-state index < -0.39 is 4.92 Å². The molecule has 2 rings (SSSR count). The van der Waals surface area contributed by atoms with Crippen LogP contribution < -0.4 is 5.32 Å². The topological polar surface area (TPSA) is 88.3 Å². The number of hydrogen-bond donors (Lipinski definition) is 2. The lowest BCUT2D eigenvalue weighted by Crippen LogP contribution is -2.25. The molecule has 0 radical (unpaired) electrons. The van der Waals surface area contributed by atoms with Gasteiger partial charge >= 0.3 is 5.69 Å². The van der Waals surface area contributed by atoms with Gasteiger partial charge in [0.05, 0.1) is 4.92 Å². The highest BCUT2D eigenvalue weighted by atomic mass is 16.6. The maximum Gasteiger partial charge on any atom is 0.311 e. The quantitative estimate of drug-likeness (QED) is 0.616. The number of nitrogens with zero attached hydrogens (tertiary/aromatic N) is 2. The Morgan fingerprint density at radius 1 is 1.56 bits per heavy atom. The van der Waals surface area contributed by atoms with Crippen molar-refractivity contribution in [1.29, 1.82) is 0 Å². The summed E-state index contributed by atoms with van der Waals surface area (Å²) in [6.07, 6.45) is 5.39. The van der Waals surface area contributed by atoms with Gasteiger partial charge in [0.2, 0.25) is 5.82 Å². The highest BCUT2D eigenvalue weighted by Gasteiger charge is 2.28. The summed E-state index contributed by atoms with van der Waals surface area (Å²) < 4.78 is 0. The number of rotatable bonds is 5. The molecule has 1 fully saturated rings. The molecule has 0 amide bonds. The summed E-state index contributed by atoms with van der Waals surface area (Å²) in [6, 6.07) is 3.18. The first-order valence-corrected chi connectivity index (χ1v) is 6.19. The van der Waals surface area contributed by atoms with E-state index in [-0.39, 0.29) is 18.3 Å². The van der Waals surface area contributed by atoms with E-state index in [1.807, 2.05) is 0 Å². The minimum absolute atomic E-state index is 0.00662. The Hall–Kier alpha value is -1.69. The molecule has 98 valence electrons. The van der Waals surface area contributed by atoms with Crippen molar-refractivity contribution in [3.05, 3.63) is 28.4 Å². The fraction of sp³-hybridized carbons (Fsp3) is 0.583. The molecule has 0 aromatic carbocycles. The summed E-state index contributed by atoms with van der Waals surface area (Å²) in [7, 11) is 0. The lowest BCUT2D eigenvalue weighted by atomic mass is 10.00. The van der Waals surface area contributed by atoms with E-state index in [4.69, 9.17) is 5.11 Å². The monoisotopic (exact) mass is 251 g/mol. The van der Waals surface area contributed by atoms with Crippen LogP contribution in [-0.4, -0.2) is 27.7 Å². The van der Waals surface area contributed by atoms with Crippen molar-refractivity contribution in [3.8, 4) is 0 Å². The number of hydrogen-bond acceptors (Lipinski definition) is 5. The largest absolute Gasteiger partial charge is 0.396 e. The van der Waals surface area contributed by atoms with Gasteiger partial charge < -0.3 is 10.4 Å². The second-order valence-corrected chi connectivity index (χ2v) is 4.58. The van der Waals surface area contributed by atoms with E-state index in [0.29, 0.717) is 11.7 Å². The molecule has 1 aliphatic rings. The van der Waals surface area contributed by atoms with Crippen LogP contribution in [-0.2, 0) is 0 Å². The summed E-state index contributed by atoms with van der Waals surface area (Å²) in [5.74, 6) is 0.703. The second-order valence-electron chi connectivity index (χ2n) is 4.58. The summed E-state index contributed by atoms with van der Waals surface area (Å²) in [4.78, 5) is 14.5. The number of aliphatic hydroxyl groups is 1. The molecular weight excluding hydrogens is 234 g/mol. The summed E-state index contributed by atoms with van der Waals surface area (Å²) in [5, 5.41) is 23.1. The summed E-state index contributed by atoms with van der Waals surface area (Å²) in [5.41, 5.74) is 0.00662. The van der Waals surface area contributed by atoms with Gasteiger partial charge in [-0.05, 0) is 31.2 Å². The van der Waals surface area contributed by atoms with Crippen molar-refractivity contribution in [2.24, 2.45) is 5.92 Å². The smallest absolute Gasteiger partial charge is 0.311 e. The molecule has 6 nitrogen and oxygen atoms in total. The van der Waals surface area contributed by atoms with Crippen LogP contribution in [0.5, 0.6) is 0 Å². The van der Waals surface area contributed by atoms with E-state index in [1.165, 1.54) is 6.07 Å². The average Bonchev–Trinajstić information content (AvgIpc) is 2.78. The second kappa shape index (κ2) is 5.77. The van der Waals surface area contributed by atoms with Crippen LogP contribution in [0.3, 0.4) is 0 Å². The molecule has 0 bridgehead atoms. The molecule has 2 N–H and O–H groups in total. The van der Waals surface area contributed by atoms with Gasteiger partial charge in [-0.25, -0.2) is 4.98 Å². The van der Waals surface area contributed by atoms with Crippen molar-refractivity contribution in [2.45, 2.75) is 31.7 Å². The zero-order valence-corrected chi connectivity index (χ0v) is 10.1. The van der Waals surface area contributed by atoms with E-state index in [9.17, 15) is 10.1 Å². The van der Waals surface area contributed by atoms with Crippen LogP contribution in [0.1, 0.15) is 25.7 Å². The minimum Gasteiger partial charge on any atom is -0.396 e. The fourth-order valence-corrected chi connectivity index (χ4v) is 2.57. The summed E-state index contributed by atoms with van der Waals surface area (Å²) >= 11 is 0. The Kier molecular flexibility index (Phi) is 4.09. The summed E-state index contributed by atoms with van der Waals surface area (Å²) in [6.45, 7) is 0.160. The third kappa shape index (κ3) is 2.76. The molecule has 1 aromatic heterocycles. The first-order chi connectivity index (χ1) is 8.72. The first-order valence-electron chi connectivity index (χ1n) is 6.19. The van der Waals surface area contributed by atoms with E-state index in [0.717, 1.165) is 25.7 Å². The number of aromatic nitrogens is 1. The van der Waals surface area contributed by atoms with Crippen molar-refractivity contribution >= 4 is 11.5 Å². The van der Waals surface area contributed by atoms with Gasteiger partial charge in [0.25, 0.3) is 0 Å². The molecule has 0 aliphatic heterocycles. The van der Waals surface area contributed by atoms with E-state index in [1.54, 1.807) is 12.3 Å². The molecule has 1 saturated carbocycles. The lowest BCUT2D eigenvalue weighted by Gasteiger charge is -2.20. The maximum absolute atomic E-state index is 10.9. The molecule has 1 aliphatic carbocycles. The Morgan fingerprint density at radius 3 is 3.11 bits per heavy atom. The molecule has 6 heteroatoms. The Balaban J connectivity index is 2.11. The molecule has 0 spiro atoms. The van der Waals surface area contributed by atoms with Gasteiger partial charge in [-0.1, -0.05) is 6.42 Å². The first kappa shape index (κ1) is 12.8. The average molecular weight is 251 g/mol. The number of nitro groups is 1. The maximum atomic E-state index is 10.9. The van der Waals surface area contributed by atoms with Crippen molar-refractivity contribution in [1.82, 2.24) is 4.98 Å². The van der Waals surface area contributed by atoms with Crippen molar-refractivity contribution in [2.75, 3.05) is 11.9 Å². The van der Waals surface area contributed by atoms with Crippen LogP contribution in [0.4, 0.5) is 11.5 Å². The zero-order chi connectivity index (χ0) is 13.0. The van der Waals surface area contributed by atoms with Crippen LogP contribution in [0.25, 0.3) is 0 Å². The van der Waals surface area contributed by atoms with Gasteiger partial charge in [-0.2, -0.15) is 0 Å². The highest BCUT2D eigenvalue weighted by Crippen LogP contribution is 2.32. The third-order valence-corrected chi connectivity index (χ3v) is 3.46. The van der Waals surface area contributed by atoms with Crippen LogP contribution in [0, 0.1) is 16.0 Å². The van der Waals surface area contributed by atoms with E-state index >= 15 is 0 Å². The van der Waals surface area contributed by atoms with Gasteiger partial charge in [0, 0.05) is 24.9 Å². The zero-order valence-electron chi connectivity index (χ0n) is 10.1. The standard InChI is InChI=1S/C12H17N3O3/c16-8-6-9-3-1-4-10(9)14-12-11(15(17)18)5-2-7-13-12/h2,5,7,9-10,16H,1,3-4,6,8H2,(H,13,14). The Bertz CT molecular complexity index is 425. The molecule has 1 aromatic rings. The molecule has 1 heterocycles. The lowest BCUT2D eigenvalue weighted by molar-refractivity contribution is -0.384. The number of pyridine rings is 1. The number of anilines is 1. The van der Waals surface area contributed by atoms with Gasteiger partial charge in [-0.15, -0.1) is 0 Å². The highest BCUT2D eigenvalue weighted by molar-refractivity contribution is 5.55. The fourth-order valence-electron chi connectivity index (χ4n) is 2.57. The number of aliphatic hydroxyl groups excluding tert-OH is 1. The minimum atomic E-state index is -0.425. The molecule has 2 unspecified atom stereocenters.